The van der Waals surface area contributed by atoms with Crippen LogP contribution in [0.3, 0.4) is 0 Å². The topological polar surface area (TPSA) is 52.6 Å². The molecule has 1 aromatic carbocycles. The average molecular weight is 264 g/mol. The third-order valence-electron chi connectivity index (χ3n) is 2.83. The second-order valence-corrected chi connectivity index (χ2v) is 4.53. The fraction of sp³-hybridized carbons (Fsp3) is 0.467. The smallest absolute Gasteiger partial charge is 0.344 e. The summed E-state index contributed by atoms with van der Waals surface area (Å²) in [5.74, 6) is 0.210. The lowest BCUT2D eigenvalue weighted by molar-refractivity contribution is -0.150. The minimum Gasteiger partial charge on any atom is -0.482 e. The summed E-state index contributed by atoms with van der Waals surface area (Å²) in [6, 6.07) is 5.13. The molecule has 0 aromatic heterocycles. The molecular weight excluding hydrogens is 244 g/mol. The van der Waals surface area contributed by atoms with Gasteiger partial charge in [0.05, 0.1) is 6.10 Å². The third kappa shape index (κ3) is 4.73. The van der Waals surface area contributed by atoms with E-state index in [2.05, 4.69) is 0 Å². The number of ketones is 1. The van der Waals surface area contributed by atoms with E-state index < -0.39 is 0 Å². The van der Waals surface area contributed by atoms with Crippen LogP contribution in [0.4, 0.5) is 0 Å². The Labute approximate surface area is 113 Å². The first-order valence-electron chi connectivity index (χ1n) is 6.38. The molecule has 0 saturated heterocycles. The summed E-state index contributed by atoms with van der Waals surface area (Å²) in [7, 11) is 0. The minimum atomic E-state index is -0.385. The van der Waals surface area contributed by atoms with Crippen LogP contribution in [0.1, 0.15) is 43.1 Å². The van der Waals surface area contributed by atoms with Crippen molar-refractivity contribution in [1.82, 2.24) is 0 Å². The Kier molecular flexibility index (Phi) is 5.55. The third-order valence-corrected chi connectivity index (χ3v) is 2.83. The van der Waals surface area contributed by atoms with Gasteiger partial charge in [0.25, 0.3) is 0 Å². The van der Waals surface area contributed by atoms with Gasteiger partial charge < -0.3 is 9.47 Å². The zero-order valence-corrected chi connectivity index (χ0v) is 11.9. The van der Waals surface area contributed by atoms with Gasteiger partial charge in [-0.05, 0) is 51.0 Å². The van der Waals surface area contributed by atoms with Crippen molar-refractivity contribution >= 4 is 11.8 Å². The molecule has 0 spiro atoms. The fourth-order valence-corrected chi connectivity index (χ4v) is 1.51. The first-order valence-corrected chi connectivity index (χ1v) is 6.38. The first kappa shape index (κ1) is 15.2. The molecule has 19 heavy (non-hydrogen) atoms. The molecule has 1 atom stereocenters. The van der Waals surface area contributed by atoms with Crippen molar-refractivity contribution in [2.24, 2.45) is 0 Å². The van der Waals surface area contributed by atoms with Crippen molar-refractivity contribution in [2.45, 2.75) is 40.2 Å². The Hall–Kier alpha value is -1.84. The maximum absolute atomic E-state index is 11.5. The molecule has 4 nitrogen and oxygen atoms in total. The van der Waals surface area contributed by atoms with Gasteiger partial charge in [-0.25, -0.2) is 4.79 Å². The number of aryl methyl sites for hydroxylation is 1. The van der Waals surface area contributed by atoms with Crippen LogP contribution in [0.15, 0.2) is 18.2 Å². The predicted molar refractivity (Wildman–Crippen MR) is 72.5 cm³/mol. The molecule has 0 heterocycles. The van der Waals surface area contributed by atoms with Crippen LogP contribution in [-0.2, 0) is 9.53 Å². The Bertz CT molecular complexity index is 465. The van der Waals surface area contributed by atoms with E-state index >= 15 is 0 Å². The van der Waals surface area contributed by atoms with Crippen molar-refractivity contribution in [3.8, 4) is 5.75 Å². The SMILES string of the molecule is CCC(C)OC(=O)COc1ccc(C(C)=O)cc1C. The van der Waals surface area contributed by atoms with E-state index in [1.54, 1.807) is 18.2 Å². The summed E-state index contributed by atoms with van der Waals surface area (Å²) >= 11 is 0. The minimum absolute atomic E-state index is 0.00540. The average Bonchev–Trinajstić information content (AvgIpc) is 2.36. The molecular formula is C15H20O4. The molecule has 0 fully saturated rings. The number of esters is 1. The summed E-state index contributed by atoms with van der Waals surface area (Å²) in [5, 5.41) is 0. The van der Waals surface area contributed by atoms with Crippen molar-refractivity contribution in [2.75, 3.05) is 6.61 Å². The monoisotopic (exact) mass is 264 g/mol. The predicted octanol–water partition coefficient (Wildman–Crippen LogP) is 2.92. The maximum atomic E-state index is 11.5. The number of hydrogen-bond acceptors (Lipinski definition) is 4. The highest BCUT2D eigenvalue weighted by molar-refractivity contribution is 5.94. The second kappa shape index (κ2) is 6.92. The van der Waals surface area contributed by atoms with E-state index in [-0.39, 0.29) is 24.5 Å². The number of benzene rings is 1. The zero-order chi connectivity index (χ0) is 14.4. The van der Waals surface area contributed by atoms with Gasteiger partial charge >= 0.3 is 5.97 Å². The maximum Gasteiger partial charge on any atom is 0.344 e. The Morgan fingerprint density at radius 1 is 1.32 bits per heavy atom. The summed E-state index contributed by atoms with van der Waals surface area (Å²) in [4.78, 5) is 22.7. The lowest BCUT2D eigenvalue weighted by Crippen LogP contribution is -2.20. The van der Waals surface area contributed by atoms with Gasteiger partial charge in [0.15, 0.2) is 12.4 Å². The number of hydrogen-bond donors (Lipinski definition) is 0. The molecule has 4 heteroatoms. The summed E-state index contributed by atoms with van der Waals surface area (Å²) < 4.78 is 10.5. The highest BCUT2D eigenvalue weighted by atomic mass is 16.6. The quantitative estimate of drug-likeness (QED) is 0.585. The van der Waals surface area contributed by atoms with E-state index in [0.29, 0.717) is 11.3 Å². The molecule has 0 aliphatic heterocycles. The van der Waals surface area contributed by atoms with E-state index in [1.807, 2.05) is 20.8 Å². The standard InChI is InChI=1S/C15H20O4/c1-5-11(3)19-15(17)9-18-14-7-6-13(12(4)16)8-10(14)2/h6-8,11H,5,9H2,1-4H3. The van der Waals surface area contributed by atoms with Crippen LogP contribution in [-0.4, -0.2) is 24.5 Å². The summed E-state index contributed by atoms with van der Waals surface area (Å²) in [6.45, 7) is 7.01. The van der Waals surface area contributed by atoms with E-state index in [0.717, 1.165) is 12.0 Å². The number of Topliss-reactive ketones (excluding diaryl/α,β-unsaturated/α-hetero) is 1. The molecule has 0 aliphatic carbocycles. The largest absolute Gasteiger partial charge is 0.482 e. The van der Waals surface area contributed by atoms with E-state index in [4.69, 9.17) is 9.47 Å². The van der Waals surface area contributed by atoms with Gasteiger partial charge in [0.2, 0.25) is 0 Å². The summed E-state index contributed by atoms with van der Waals surface area (Å²) in [5.41, 5.74) is 1.45. The molecule has 0 N–H and O–H groups in total. The fourth-order valence-electron chi connectivity index (χ4n) is 1.51. The Balaban J connectivity index is 2.59. The Morgan fingerprint density at radius 2 is 2.00 bits per heavy atom. The van der Waals surface area contributed by atoms with Gasteiger partial charge in [0, 0.05) is 5.56 Å². The number of carbonyl (C=O) groups is 2. The van der Waals surface area contributed by atoms with Gasteiger partial charge in [0.1, 0.15) is 5.75 Å². The number of carbonyl (C=O) groups excluding carboxylic acids is 2. The lowest BCUT2D eigenvalue weighted by atomic mass is 10.1. The molecule has 0 bridgehead atoms. The van der Waals surface area contributed by atoms with E-state index in [9.17, 15) is 9.59 Å². The van der Waals surface area contributed by atoms with Gasteiger partial charge in [-0.2, -0.15) is 0 Å². The van der Waals surface area contributed by atoms with Crippen LogP contribution in [0.2, 0.25) is 0 Å². The molecule has 104 valence electrons. The molecule has 0 aliphatic rings. The first-order chi connectivity index (χ1) is 8.93. The number of ether oxygens (including phenoxy) is 2. The van der Waals surface area contributed by atoms with Crippen molar-refractivity contribution in [1.29, 1.82) is 0 Å². The molecule has 0 amide bonds. The molecule has 1 unspecified atom stereocenters. The summed E-state index contributed by atoms with van der Waals surface area (Å²) in [6.07, 6.45) is 0.676. The highest BCUT2D eigenvalue weighted by Crippen LogP contribution is 2.19. The second-order valence-electron chi connectivity index (χ2n) is 4.53. The van der Waals surface area contributed by atoms with Crippen LogP contribution in [0.25, 0.3) is 0 Å². The Morgan fingerprint density at radius 3 is 2.53 bits per heavy atom. The normalized spacial score (nSPS) is 11.8. The van der Waals surface area contributed by atoms with Gasteiger partial charge in [-0.15, -0.1) is 0 Å². The molecule has 0 saturated carbocycles. The van der Waals surface area contributed by atoms with Crippen molar-refractivity contribution in [3.05, 3.63) is 29.3 Å². The molecule has 1 rings (SSSR count). The number of rotatable bonds is 6. The van der Waals surface area contributed by atoms with E-state index in [1.165, 1.54) is 6.92 Å². The van der Waals surface area contributed by atoms with Crippen LogP contribution >= 0.6 is 0 Å². The van der Waals surface area contributed by atoms with Gasteiger partial charge in [-0.1, -0.05) is 6.92 Å². The zero-order valence-electron chi connectivity index (χ0n) is 11.9. The van der Waals surface area contributed by atoms with Crippen LogP contribution < -0.4 is 4.74 Å². The molecule has 0 radical (unpaired) electrons. The van der Waals surface area contributed by atoms with Crippen molar-refractivity contribution < 1.29 is 19.1 Å². The van der Waals surface area contributed by atoms with Gasteiger partial charge in [-0.3, -0.25) is 4.79 Å². The van der Waals surface area contributed by atoms with Crippen LogP contribution in [0, 0.1) is 6.92 Å². The van der Waals surface area contributed by atoms with Crippen molar-refractivity contribution in [3.63, 3.8) is 0 Å². The van der Waals surface area contributed by atoms with Crippen LogP contribution in [0.5, 0.6) is 5.75 Å². The lowest BCUT2D eigenvalue weighted by Gasteiger charge is -2.12. The highest BCUT2D eigenvalue weighted by Gasteiger charge is 2.10. The molecule has 1 aromatic rings.